The summed E-state index contributed by atoms with van der Waals surface area (Å²) in [5.41, 5.74) is 26.4. The van der Waals surface area contributed by atoms with Crippen molar-refractivity contribution in [2.45, 2.75) is 26.0 Å². The second-order valence-electron chi connectivity index (χ2n) is 22.8. The van der Waals surface area contributed by atoms with E-state index in [1.807, 2.05) is 11.8 Å². The average molecular weight is 1090 g/mol. The van der Waals surface area contributed by atoms with Gasteiger partial charge in [0.05, 0.1) is 27.6 Å². The molecule has 0 saturated heterocycles. The van der Waals surface area contributed by atoms with Crippen LogP contribution in [0.1, 0.15) is 66.8 Å². The van der Waals surface area contributed by atoms with Gasteiger partial charge in [-0.05, 0) is 138 Å². The molecule has 18 rings (SSSR count). The monoisotopic (exact) mass is 1090 g/mol. The maximum Gasteiger partial charge on any atom is 0.132 e. The van der Waals surface area contributed by atoms with Crippen molar-refractivity contribution in [2.75, 3.05) is 4.90 Å². The summed E-state index contributed by atoms with van der Waals surface area (Å²) in [6.45, 7) is 0. The zero-order valence-electron chi connectivity index (χ0n) is 45.7. The van der Waals surface area contributed by atoms with Gasteiger partial charge in [0.2, 0.25) is 0 Å². The van der Waals surface area contributed by atoms with Crippen LogP contribution in [-0.4, -0.2) is 0 Å². The Balaban J connectivity index is 0.938. The Bertz CT molecular complexity index is 4560. The van der Waals surface area contributed by atoms with Gasteiger partial charge >= 0.3 is 0 Å². The van der Waals surface area contributed by atoms with Gasteiger partial charge in [0.1, 0.15) is 11.5 Å². The van der Waals surface area contributed by atoms with Crippen LogP contribution in [0.4, 0.5) is 17.1 Å². The average Bonchev–Trinajstić information content (AvgIpc) is 1.97. The van der Waals surface area contributed by atoms with E-state index in [4.69, 9.17) is 4.74 Å². The first-order valence-electron chi connectivity index (χ1n) is 29.2. The summed E-state index contributed by atoms with van der Waals surface area (Å²) in [7, 11) is 0. The Hall–Kier alpha value is -10.2. The van der Waals surface area contributed by atoms with E-state index in [1.165, 1.54) is 104 Å². The maximum absolute atomic E-state index is 6.86. The predicted octanol–water partition coefficient (Wildman–Crippen LogP) is 20.5. The van der Waals surface area contributed by atoms with Gasteiger partial charge in [-0.2, -0.15) is 0 Å². The third-order valence-corrected chi connectivity index (χ3v) is 20.2. The SMILES string of the molecule is c1ccc(C2(c3ccccc3)c3ccccc3-c3c(-c4cccc(N(c5cccc6c5-c5ccccc5C65c6ccccc6Oc6ccccc65)c5cccc6c5-c5ccccc5C65c6ccccc6Sc6ccccc65)c4)cccc32)cc1. The summed E-state index contributed by atoms with van der Waals surface area (Å²) >= 11 is 1.89. The van der Waals surface area contributed by atoms with E-state index in [2.05, 4.69) is 314 Å². The lowest BCUT2D eigenvalue weighted by Gasteiger charge is -2.40. The maximum atomic E-state index is 6.86. The standard InChI is InChI=1S/C81H51NOS/c1-3-26-53(27-4-1)79(54-28-5-2-6-29-54)60-35-10-7-31-57(60)76-56(34-22-42-67(76)79)52-25-21-30-55(51-52)82(70-45-23-43-68-77(70)58-32-8-11-36-61(58)80(68)63-38-13-17-47-72(63)83-73-48-18-14-39-64(73)80)71-46-24-44-69-78(71)59-33-9-12-37-62(59)81(69)65-40-15-19-49-74(65)84-75-50-20-16-41-66(75)81/h1-51H. The Kier molecular flexibility index (Phi) is 10.1. The normalized spacial score (nSPS) is 14.8. The molecule has 5 aliphatic rings. The molecular formula is C81H51NOS. The van der Waals surface area contributed by atoms with Crippen LogP contribution < -0.4 is 9.64 Å². The highest BCUT2D eigenvalue weighted by atomic mass is 32.2. The Labute approximate surface area is 493 Å². The summed E-state index contributed by atoms with van der Waals surface area (Å²) in [6.07, 6.45) is 0. The minimum Gasteiger partial charge on any atom is -0.457 e. The summed E-state index contributed by atoms with van der Waals surface area (Å²) in [5.74, 6) is 1.76. The van der Waals surface area contributed by atoms with Crippen molar-refractivity contribution < 1.29 is 4.74 Å². The number of ether oxygens (including phenoxy) is 1. The van der Waals surface area contributed by atoms with Crippen molar-refractivity contribution in [2.24, 2.45) is 0 Å². The van der Waals surface area contributed by atoms with Gasteiger partial charge < -0.3 is 9.64 Å². The van der Waals surface area contributed by atoms with Gasteiger partial charge in [-0.3, -0.25) is 0 Å². The number of anilines is 3. The fraction of sp³-hybridized carbons (Fsp3) is 0.0370. The molecule has 0 atom stereocenters. The third-order valence-electron chi connectivity index (χ3n) is 19.1. The molecule has 2 nitrogen and oxygen atoms in total. The van der Waals surface area contributed by atoms with Crippen LogP contribution in [0.15, 0.2) is 319 Å². The molecule has 2 spiro atoms. The molecule has 2 aliphatic heterocycles. The minimum absolute atomic E-state index is 0.535. The molecule has 0 N–H and O–H groups in total. The lowest BCUT2D eigenvalue weighted by atomic mass is 9.66. The predicted molar refractivity (Wildman–Crippen MR) is 343 cm³/mol. The number of hydrogen-bond donors (Lipinski definition) is 0. The molecule has 0 aromatic heterocycles. The highest BCUT2D eigenvalue weighted by Crippen LogP contribution is 2.68. The topological polar surface area (TPSA) is 12.5 Å². The molecule has 0 radical (unpaired) electrons. The van der Waals surface area contributed by atoms with Gasteiger partial charge in [0, 0.05) is 37.7 Å². The second-order valence-corrected chi connectivity index (χ2v) is 23.9. The van der Waals surface area contributed by atoms with Crippen LogP contribution in [0.3, 0.4) is 0 Å². The van der Waals surface area contributed by atoms with E-state index in [9.17, 15) is 0 Å². The highest BCUT2D eigenvalue weighted by Gasteiger charge is 2.54. The Morgan fingerprint density at radius 2 is 0.631 bits per heavy atom. The molecule has 84 heavy (non-hydrogen) atoms. The van der Waals surface area contributed by atoms with Crippen LogP contribution in [0.5, 0.6) is 11.5 Å². The number of hydrogen-bond acceptors (Lipinski definition) is 3. The van der Waals surface area contributed by atoms with E-state index in [0.29, 0.717) is 0 Å². The fourth-order valence-corrected chi connectivity index (χ4v) is 17.3. The summed E-state index contributed by atoms with van der Waals surface area (Å²) < 4.78 is 6.86. The van der Waals surface area contributed by atoms with E-state index in [1.54, 1.807) is 0 Å². The number of benzene rings is 13. The summed E-state index contributed by atoms with van der Waals surface area (Å²) in [4.78, 5) is 5.19. The van der Waals surface area contributed by atoms with E-state index >= 15 is 0 Å². The largest absolute Gasteiger partial charge is 0.457 e. The van der Waals surface area contributed by atoms with Crippen LogP contribution in [0.25, 0.3) is 44.5 Å². The van der Waals surface area contributed by atoms with Crippen LogP contribution >= 0.6 is 11.8 Å². The van der Waals surface area contributed by atoms with Crippen molar-refractivity contribution in [1.82, 2.24) is 0 Å². The lowest BCUT2D eigenvalue weighted by molar-refractivity contribution is 0.436. The third kappa shape index (κ3) is 6.11. The first-order chi connectivity index (χ1) is 41.7. The molecule has 3 heteroatoms. The molecule has 0 amide bonds. The molecule has 0 unspecified atom stereocenters. The van der Waals surface area contributed by atoms with Crippen molar-refractivity contribution in [3.63, 3.8) is 0 Å². The number of fused-ring (bicyclic) bond motifs is 21. The van der Waals surface area contributed by atoms with Crippen molar-refractivity contribution >= 4 is 28.8 Å². The molecule has 2 heterocycles. The molecule has 13 aromatic rings. The van der Waals surface area contributed by atoms with Crippen LogP contribution in [0.2, 0.25) is 0 Å². The second kappa shape index (κ2) is 17.9. The molecule has 13 aromatic carbocycles. The lowest BCUT2D eigenvalue weighted by Crippen LogP contribution is -2.32. The molecule has 392 valence electrons. The zero-order valence-corrected chi connectivity index (χ0v) is 46.5. The Morgan fingerprint density at radius 1 is 0.262 bits per heavy atom. The van der Waals surface area contributed by atoms with Gasteiger partial charge in [-0.1, -0.05) is 273 Å². The fourth-order valence-electron chi connectivity index (χ4n) is 16.1. The smallest absolute Gasteiger partial charge is 0.132 e. The summed E-state index contributed by atoms with van der Waals surface area (Å²) in [5, 5.41) is 0. The van der Waals surface area contributed by atoms with Gasteiger partial charge in [-0.25, -0.2) is 0 Å². The summed E-state index contributed by atoms with van der Waals surface area (Å²) in [6, 6.07) is 116. The molecule has 3 aliphatic carbocycles. The first kappa shape index (κ1) is 47.4. The van der Waals surface area contributed by atoms with Gasteiger partial charge in [-0.15, -0.1) is 0 Å². The van der Waals surface area contributed by atoms with E-state index < -0.39 is 16.2 Å². The van der Waals surface area contributed by atoms with Crippen LogP contribution in [-0.2, 0) is 16.2 Å². The van der Waals surface area contributed by atoms with E-state index in [-0.39, 0.29) is 0 Å². The molecular weight excluding hydrogens is 1030 g/mol. The number of rotatable bonds is 6. The van der Waals surface area contributed by atoms with Crippen molar-refractivity contribution in [3.8, 4) is 56.0 Å². The number of nitrogens with zero attached hydrogens (tertiary/aromatic N) is 1. The van der Waals surface area contributed by atoms with Crippen molar-refractivity contribution in [3.05, 3.63) is 376 Å². The van der Waals surface area contributed by atoms with Crippen molar-refractivity contribution in [1.29, 1.82) is 0 Å². The van der Waals surface area contributed by atoms with Gasteiger partial charge in [0.25, 0.3) is 0 Å². The minimum atomic E-state index is -0.661. The Morgan fingerprint density at radius 3 is 1.17 bits per heavy atom. The van der Waals surface area contributed by atoms with Gasteiger partial charge in [0.15, 0.2) is 0 Å². The molecule has 0 saturated carbocycles. The molecule has 0 fully saturated rings. The first-order valence-corrected chi connectivity index (χ1v) is 30.0. The zero-order chi connectivity index (χ0) is 55.1. The molecule has 0 bridgehead atoms. The quantitative estimate of drug-likeness (QED) is 0.165. The highest BCUT2D eigenvalue weighted by molar-refractivity contribution is 7.99. The number of para-hydroxylation sites is 2. The van der Waals surface area contributed by atoms with Crippen LogP contribution in [0, 0.1) is 0 Å². The van der Waals surface area contributed by atoms with E-state index in [0.717, 1.165) is 45.3 Å².